The van der Waals surface area contributed by atoms with E-state index < -0.39 is 0 Å². The van der Waals surface area contributed by atoms with E-state index in [1.54, 1.807) is 4.90 Å². The second kappa shape index (κ2) is 4.12. The predicted molar refractivity (Wildman–Crippen MR) is 73.2 cm³/mol. The van der Waals surface area contributed by atoms with E-state index in [0.717, 1.165) is 22.2 Å². The monoisotopic (exact) mass is 257 g/mol. The number of nitrogens with one attached hydrogen (secondary N) is 1. The molecule has 0 unspecified atom stereocenters. The van der Waals surface area contributed by atoms with Crippen LogP contribution in [0.1, 0.15) is 12.0 Å². The molecule has 5 heteroatoms. The minimum absolute atomic E-state index is 0.209. The van der Waals surface area contributed by atoms with Gasteiger partial charge in [0.25, 0.3) is 0 Å². The van der Waals surface area contributed by atoms with Gasteiger partial charge in [-0.3, -0.25) is 15.0 Å². The summed E-state index contributed by atoms with van der Waals surface area (Å²) < 4.78 is 2.06. The van der Waals surface area contributed by atoms with Crippen molar-refractivity contribution in [3.05, 3.63) is 30.0 Å². The molecule has 0 bridgehead atoms. The van der Waals surface area contributed by atoms with E-state index in [1.165, 1.54) is 0 Å². The van der Waals surface area contributed by atoms with E-state index in [-0.39, 0.29) is 11.9 Å². The van der Waals surface area contributed by atoms with Gasteiger partial charge in [0.15, 0.2) is 0 Å². The Morgan fingerprint density at radius 1 is 1.26 bits per heavy atom. The Labute approximate surface area is 110 Å². The van der Waals surface area contributed by atoms with E-state index in [4.69, 9.17) is 0 Å². The molecule has 0 radical (unpaired) electrons. The molecule has 1 aliphatic rings. The summed E-state index contributed by atoms with van der Waals surface area (Å²) in [6, 6.07) is 5.65. The molecule has 1 aliphatic heterocycles. The van der Waals surface area contributed by atoms with Gasteiger partial charge in [0.1, 0.15) is 0 Å². The number of benzene rings is 1. The van der Waals surface area contributed by atoms with Crippen LogP contribution in [0.4, 0.5) is 10.5 Å². The maximum absolute atomic E-state index is 11.8. The van der Waals surface area contributed by atoms with Crippen molar-refractivity contribution in [2.45, 2.75) is 13.3 Å². The standard InChI is InChI=1S/C14H15N3O2/c1-9-7-11(8-10-3-5-16(2)13(9)10)17-6-4-12(18)15-14(17)19/h3,5,7-8H,4,6H2,1-2H3,(H,15,18,19). The quantitative estimate of drug-likeness (QED) is 0.848. The van der Waals surface area contributed by atoms with Crippen molar-refractivity contribution < 1.29 is 9.59 Å². The number of carbonyl (C=O) groups is 2. The van der Waals surface area contributed by atoms with Gasteiger partial charge in [0.2, 0.25) is 5.91 Å². The van der Waals surface area contributed by atoms with E-state index in [0.29, 0.717) is 13.0 Å². The third-order valence-electron chi connectivity index (χ3n) is 3.51. The highest BCUT2D eigenvalue weighted by Crippen LogP contribution is 2.27. The van der Waals surface area contributed by atoms with Crippen LogP contribution in [-0.2, 0) is 11.8 Å². The van der Waals surface area contributed by atoms with Gasteiger partial charge in [0, 0.05) is 37.3 Å². The van der Waals surface area contributed by atoms with E-state index in [9.17, 15) is 9.59 Å². The largest absolute Gasteiger partial charge is 0.350 e. The second-order valence-corrected chi connectivity index (χ2v) is 4.88. The number of anilines is 1. The molecule has 1 fully saturated rings. The summed E-state index contributed by atoms with van der Waals surface area (Å²) in [5, 5.41) is 3.44. The van der Waals surface area contributed by atoms with Gasteiger partial charge in [-0.05, 0) is 30.7 Å². The zero-order valence-corrected chi connectivity index (χ0v) is 10.9. The number of carbonyl (C=O) groups excluding carboxylic acids is 2. The molecule has 2 aromatic rings. The van der Waals surface area contributed by atoms with Gasteiger partial charge >= 0.3 is 6.03 Å². The summed E-state index contributed by atoms with van der Waals surface area (Å²) in [6.07, 6.45) is 2.35. The molecule has 1 N–H and O–H groups in total. The molecule has 1 aromatic heterocycles. The van der Waals surface area contributed by atoms with Crippen molar-refractivity contribution in [3.8, 4) is 0 Å². The predicted octanol–water partition coefficient (Wildman–Crippen LogP) is 1.93. The molecule has 1 aromatic carbocycles. The van der Waals surface area contributed by atoms with Gasteiger partial charge < -0.3 is 4.57 Å². The summed E-state index contributed by atoms with van der Waals surface area (Å²) in [4.78, 5) is 24.6. The number of imide groups is 1. The molecule has 5 nitrogen and oxygen atoms in total. The van der Waals surface area contributed by atoms with Crippen molar-refractivity contribution in [2.75, 3.05) is 11.4 Å². The summed E-state index contributed by atoms with van der Waals surface area (Å²) in [7, 11) is 2.00. The highest BCUT2D eigenvalue weighted by Gasteiger charge is 2.24. The molecule has 0 aliphatic carbocycles. The highest BCUT2D eigenvalue weighted by atomic mass is 16.2. The van der Waals surface area contributed by atoms with Crippen LogP contribution in [0.5, 0.6) is 0 Å². The van der Waals surface area contributed by atoms with Crippen LogP contribution in [-0.4, -0.2) is 23.1 Å². The Hall–Kier alpha value is -2.30. The number of amides is 3. The number of hydrogen-bond acceptors (Lipinski definition) is 2. The van der Waals surface area contributed by atoms with Crippen LogP contribution in [0.3, 0.4) is 0 Å². The lowest BCUT2D eigenvalue weighted by Crippen LogP contribution is -2.49. The number of nitrogens with zero attached hydrogens (tertiary/aromatic N) is 2. The lowest BCUT2D eigenvalue weighted by molar-refractivity contribution is -0.120. The SMILES string of the molecule is Cc1cc(N2CCC(=O)NC2=O)cc2ccn(C)c12. The first kappa shape index (κ1) is 11.8. The summed E-state index contributed by atoms with van der Waals surface area (Å²) in [6.45, 7) is 2.46. The van der Waals surface area contributed by atoms with Crippen LogP contribution < -0.4 is 10.2 Å². The highest BCUT2D eigenvalue weighted by molar-refractivity contribution is 6.06. The van der Waals surface area contributed by atoms with Gasteiger partial charge in [-0.1, -0.05) is 0 Å². The van der Waals surface area contributed by atoms with E-state index >= 15 is 0 Å². The molecule has 3 amide bonds. The first-order valence-corrected chi connectivity index (χ1v) is 6.23. The van der Waals surface area contributed by atoms with Crippen LogP contribution in [0.15, 0.2) is 24.4 Å². The Morgan fingerprint density at radius 3 is 2.79 bits per heavy atom. The third kappa shape index (κ3) is 1.87. The van der Waals surface area contributed by atoms with Crippen molar-refractivity contribution >= 4 is 28.5 Å². The van der Waals surface area contributed by atoms with Crippen LogP contribution in [0.2, 0.25) is 0 Å². The van der Waals surface area contributed by atoms with E-state index in [2.05, 4.69) is 9.88 Å². The first-order chi connectivity index (χ1) is 9.06. The molecule has 2 heterocycles. The molecule has 0 spiro atoms. The fraction of sp³-hybridized carbons (Fsp3) is 0.286. The Bertz CT molecular complexity index is 687. The molecule has 3 rings (SSSR count). The minimum atomic E-state index is -0.342. The van der Waals surface area contributed by atoms with Crippen molar-refractivity contribution in [1.29, 1.82) is 0 Å². The average molecular weight is 257 g/mol. The van der Waals surface area contributed by atoms with Crippen molar-refractivity contribution in [2.24, 2.45) is 7.05 Å². The van der Waals surface area contributed by atoms with Gasteiger partial charge in [-0.2, -0.15) is 0 Å². The number of urea groups is 1. The maximum atomic E-state index is 11.8. The Kier molecular flexibility index (Phi) is 2.55. The number of hydrogen-bond donors (Lipinski definition) is 1. The topological polar surface area (TPSA) is 54.3 Å². The zero-order valence-electron chi connectivity index (χ0n) is 10.9. The summed E-state index contributed by atoms with van der Waals surface area (Å²) in [5.41, 5.74) is 3.11. The molecule has 19 heavy (non-hydrogen) atoms. The number of aryl methyl sites for hydroxylation is 2. The van der Waals surface area contributed by atoms with Crippen molar-refractivity contribution in [1.82, 2.24) is 9.88 Å². The summed E-state index contributed by atoms with van der Waals surface area (Å²) in [5.74, 6) is -0.209. The fourth-order valence-corrected chi connectivity index (χ4v) is 2.63. The number of aromatic nitrogens is 1. The lowest BCUT2D eigenvalue weighted by atomic mass is 10.1. The van der Waals surface area contributed by atoms with Crippen LogP contribution >= 0.6 is 0 Å². The number of rotatable bonds is 1. The molecule has 0 saturated carbocycles. The summed E-state index contributed by atoms with van der Waals surface area (Å²) >= 11 is 0. The second-order valence-electron chi connectivity index (χ2n) is 4.88. The number of fused-ring (bicyclic) bond motifs is 1. The Balaban J connectivity index is 2.06. The molecule has 0 atom stereocenters. The average Bonchev–Trinajstić information content (AvgIpc) is 2.71. The van der Waals surface area contributed by atoms with Crippen LogP contribution in [0, 0.1) is 6.92 Å². The van der Waals surface area contributed by atoms with Crippen LogP contribution in [0.25, 0.3) is 10.9 Å². The fourth-order valence-electron chi connectivity index (χ4n) is 2.63. The zero-order chi connectivity index (χ0) is 13.6. The molecule has 98 valence electrons. The Morgan fingerprint density at radius 2 is 2.05 bits per heavy atom. The van der Waals surface area contributed by atoms with Gasteiger partial charge in [-0.15, -0.1) is 0 Å². The molecule has 1 saturated heterocycles. The first-order valence-electron chi connectivity index (χ1n) is 6.23. The van der Waals surface area contributed by atoms with Gasteiger partial charge in [-0.25, -0.2) is 4.79 Å². The molecular weight excluding hydrogens is 242 g/mol. The third-order valence-corrected chi connectivity index (χ3v) is 3.51. The van der Waals surface area contributed by atoms with E-state index in [1.807, 2.05) is 38.4 Å². The molecular formula is C14H15N3O2. The minimum Gasteiger partial charge on any atom is -0.350 e. The maximum Gasteiger partial charge on any atom is 0.328 e. The van der Waals surface area contributed by atoms with Gasteiger partial charge in [0.05, 0.1) is 5.52 Å². The lowest BCUT2D eigenvalue weighted by Gasteiger charge is -2.27. The van der Waals surface area contributed by atoms with Crippen molar-refractivity contribution in [3.63, 3.8) is 0 Å². The normalized spacial score (nSPS) is 16.0. The smallest absolute Gasteiger partial charge is 0.328 e.